The second-order valence-corrected chi connectivity index (χ2v) is 6.31. The molecule has 1 saturated heterocycles. The molecule has 1 aliphatic rings. The highest BCUT2D eigenvalue weighted by atomic mass is 16.5. The van der Waals surface area contributed by atoms with Crippen molar-refractivity contribution in [1.29, 1.82) is 0 Å². The molecule has 23 heavy (non-hydrogen) atoms. The van der Waals surface area contributed by atoms with Crippen LogP contribution in [0, 0.1) is 0 Å². The minimum atomic E-state index is -1.03. The SMILES string of the molecule is CCCCCCC/C=C/CCCOC[C@H](O)[C@H]1OC[C@@H](O)[C@H]1O. The van der Waals surface area contributed by atoms with Crippen molar-refractivity contribution in [3.8, 4) is 0 Å². The molecule has 0 aromatic rings. The largest absolute Gasteiger partial charge is 0.388 e. The average Bonchev–Trinajstić information content (AvgIpc) is 2.88. The molecule has 0 bridgehead atoms. The molecule has 0 saturated carbocycles. The summed E-state index contributed by atoms with van der Waals surface area (Å²) < 4.78 is 10.6. The first-order chi connectivity index (χ1) is 11.2. The summed E-state index contributed by atoms with van der Waals surface area (Å²) in [6.45, 7) is 2.98. The van der Waals surface area contributed by atoms with Gasteiger partial charge in [-0.3, -0.25) is 0 Å². The van der Waals surface area contributed by atoms with Gasteiger partial charge in [-0.1, -0.05) is 44.8 Å². The van der Waals surface area contributed by atoms with Gasteiger partial charge in [-0.15, -0.1) is 0 Å². The summed E-state index contributed by atoms with van der Waals surface area (Å²) in [5, 5.41) is 28.8. The highest BCUT2D eigenvalue weighted by Gasteiger charge is 2.39. The Morgan fingerprint density at radius 3 is 2.43 bits per heavy atom. The van der Waals surface area contributed by atoms with Crippen molar-refractivity contribution in [2.75, 3.05) is 19.8 Å². The number of allylic oxidation sites excluding steroid dienone is 2. The van der Waals surface area contributed by atoms with E-state index < -0.39 is 24.4 Å². The number of unbranched alkanes of at least 4 members (excludes halogenated alkanes) is 6. The van der Waals surface area contributed by atoms with Gasteiger partial charge >= 0.3 is 0 Å². The first-order valence-electron chi connectivity index (χ1n) is 9.05. The quantitative estimate of drug-likeness (QED) is 0.356. The van der Waals surface area contributed by atoms with E-state index in [1.54, 1.807) is 0 Å². The minimum absolute atomic E-state index is 0.0616. The zero-order chi connectivity index (χ0) is 16.9. The fraction of sp³-hybridized carbons (Fsp3) is 0.889. The van der Waals surface area contributed by atoms with Gasteiger partial charge in [0.05, 0.1) is 13.2 Å². The number of hydrogen-bond donors (Lipinski definition) is 3. The van der Waals surface area contributed by atoms with Crippen LogP contribution >= 0.6 is 0 Å². The first kappa shape index (κ1) is 20.6. The molecule has 0 unspecified atom stereocenters. The predicted molar refractivity (Wildman–Crippen MR) is 90.3 cm³/mol. The number of aliphatic hydroxyl groups excluding tert-OH is 3. The maximum absolute atomic E-state index is 9.86. The Bertz CT molecular complexity index is 308. The third kappa shape index (κ3) is 8.82. The maximum Gasteiger partial charge on any atom is 0.114 e. The summed E-state index contributed by atoms with van der Waals surface area (Å²) in [5.41, 5.74) is 0. The molecule has 0 aromatic heterocycles. The molecule has 1 aliphatic heterocycles. The van der Waals surface area contributed by atoms with Crippen molar-refractivity contribution in [3.05, 3.63) is 12.2 Å². The van der Waals surface area contributed by atoms with Crippen LogP contribution in [-0.4, -0.2) is 59.6 Å². The molecule has 5 heteroatoms. The van der Waals surface area contributed by atoms with Gasteiger partial charge in [0.15, 0.2) is 0 Å². The van der Waals surface area contributed by atoms with Crippen molar-refractivity contribution < 1.29 is 24.8 Å². The van der Waals surface area contributed by atoms with Crippen LogP contribution in [0.1, 0.15) is 58.3 Å². The fourth-order valence-corrected chi connectivity index (χ4v) is 2.67. The minimum Gasteiger partial charge on any atom is -0.388 e. The third-order valence-corrected chi connectivity index (χ3v) is 4.16. The normalized spacial score (nSPS) is 26.2. The molecule has 0 aromatic carbocycles. The van der Waals surface area contributed by atoms with Crippen LogP contribution in [-0.2, 0) is 9.47 Å². The summed E-state index contributed by atoms with van der Waals surface area (Å²) in [5.74, 6) is 0. The van der Waals surface area contributed by atoms with Gasteiger partial charge in [-0.05, 0) is 25.7 Å². The lowest BCUT2D eigenvalue weighted by Gasteiger charge is -2.20. The lowest BCUT2D eigenvalue weighted by molar-refractivity contribution is -0.0811. The highest BCUT2D eigenvalue weighted by molar-refractivity contribution is 4.87. The molecule has 0 amide bonds. The lowest BCUT2D eigenvalue weighted by atomic mass is 10.1. The van der Waals surface area contributed by atoms with Gasteiger partial charge in [0.2, 0.25) is 0 Å². The topological polar surface area (TPSA) is 79.2 Å². The summed E-state index contributed by atoms with van der Waals surface area (Å²) in [4.78, 5) is 0. The molecule has 1 fully saturated rings. The Hall–Kier alpha value is -0.460. The van der Waals surface area contributed by atoms with Crippen molar-refractivity contribution in [2.24, 2.45) is 0 Å². The van der Waals surface area contributed by atoms with E-state index in [9.17, 15) is 15.3 Å². The molecule has 0 radical (unpaired) electrons. The Morgan fingerprint density at radius 2 is 1.78 bits per heavy atom. The summed E-state index contributed by atoms with van der Waals surface area (Å²) >= 11 is 0. The number of rotatable bonds is 13. The maximum atomic E-state index is 9.86. The summed E-state index contributed by atoms with van der Waals surface area (Å²) in [6.07, 6.45) is 10.4. The van der Waals surface area contributed by atoms with E-state index in [0.29, 0.717) is 6.61 Å². The van der Waals surface area contributed by atoms with E-state index in [2.05, 4.69) is 19.1 Å². The lowest BCUT2D eigenvalue weighted by Crippen LogP contribution is -2.40. The molecule has 1 heterocycles. The van der Waals surface area contributed by atoms with E-state index in [4.69, 9.17) is 9.47 Å². The van der Waals surface area contributed by atoms with Crippen LogP contribution in [0.3, 0.4) is 0 Å². The molecule has 4 atom stereocenters. The Kier molecular flexibility index (Phi) is 11.5. The van der Waals surface area contributed by atoms with Gasteiger partial charge < -0.3 is 24.8 Å². The van der Waals surface area contributed by atoms with Gasteiger partial charge in [0.25, 0.3) is 0 Å². The van der Waals surface area contributed by atoms with Crippen LogP contribution < -0.4 is 0 Å². The number of ether oxygens (including phenoxy) is 2. The van der Waals surface area contributed by atoms with Crippen LogP contribution in [0.2, 0.25) is 0 Å². The second kappa shape index (κ2) is 12.9. The monoisotopic (exact) mass is 330 g/mol. The fourth-order valence-electron chi connectivity index (χ4n) is 2.67. The van der Waals surface area contributed by atoms with E-state index in [-0.39, 0.29) is 13.2 Å². The molecule has 5 nitrogen and oxygen atoms in total. The van der Waals surface area contributed by atoms with Crippen LogP contribution in [0.5, 0.6) is 0 Å². The smallest absolute Gasteiger partial charge is 0.114 e. The van der Waals surface area contributed by atoms with Crippen LogP contribution in [0.4, 0.5) is 0 Å². The van der Waals surface area contributed by atoms with E-state index in [1.165, 1.54) is 32.1 Å². The van der Waals surface area contributed by atoms with Crippen molar-refractivity contribution in [3.63, 3.8) is 0 Å². The number of hydrogen-bond acceptors (Lipinski definition) is 5. The zero-order valence-corrected chi connectivity index (χ0v) is 14.4. The summed E-state index contributed by atoms with van der Waals surface area (Å²) in [6, 6.07) is 0. The van der Waals surface area contributed by atoms with Gasteiger partial charge in [0.1, 0.15) is 24.4 Å². The molecule has 3 N–H and O–H groups in total. The van der Waals surface area contributed by atoms with E-state index in [1.807, 2.05) is 0 Å². The number of aliphatic hydroxyl groups is 3. The molecule has 0 aliphatic carbocycles. The van der Waals surface area contributed by atoms with E-state index >= 15 is 0 Å². The van der Waals surface area contributed by atoms with Crippen molar-refractivity contribution in [1.82, 2.24) is 0 Å². The molecular formula is C18H34O5. The third-order valence-electron chi connectivity index (χ3n) is 4.16. The highest BCUT2D eigenvalue weighted by Crippen LogP contribution is 2.17. The average molecular weight is 330 g/mol. The van der Waals surface area contributed by atoms with Gasteiger partial charge in [-0.2, -0.15) is 0 Å². The van der Waals surface area contributed by atoms with Gasteiger partial charge in [0, 0.05) is 6.61 Å². The Labute approximate surface area is 140 Å². The standard InChI is InChI=1S/C18H34O5/c1-2-3-4-5-6-7-8-9-10-11-12-22-13-16(20)18-17(21)15(19)14-23-18/h8-9,15-21H,2-7,10-14H2,1H3/b9-8+/t15-,16+,17-,18-/m1/s1. The van der Waals surface area contributed by atoms with E-state index in [0.717, 1.165) is 19.3 Å². The predicted octanol–water partition coefficient (Wildman–Crippen LogP) is 2.18. The Balaban J connectivity index is 1.91. The Morgan fingerprint density at radius 1 is 1.09 bits per heavy atom. The van der Waals surface area contributed by atoms with Crippen LogP contribution in [0.15, 0.2) is 12.2 Å². The second-order valence-electron chi connectivity index (χ2n) is 6.31. The molecule has 136 valence electrons. The molecule has 1 rings (SSSR count). The molecular weight excluding hydrogens is 296 g/mol. The first-order valence-corrected chi connectivity index (χ1v) is 9.05. The zero-order valence-electron chi connectivity index (χ0n) is 14.4. The van der Waals surface area contributed by atoms with Crippen molar-refractivity contribution >= 4 is 0 Å². The van der Waals surface area contributed by atoms with Gasteiger partial charge in [-0.25, -0.2) is 0 Å². The van der Waals surface area contributed by atoms with Crippen molar-refractivity contribution in [2.45, 2.75) is 82.7 Å². The summed E-state index contributed by atoms with van der Waals surface area (Å²) in [7, 11) is 0. The van der Waals surface area contributed by atoms with Crippen LogP contribution in [0.25, 0.3) is 0 Å². The molecule has 0 spiro atoms.